The van der Waals surface area contributed by atoms with Crippen molar-refractivity contribution in [3.8, 4) is 0 Å². The van der Waals surface area contributed by atoms with Gasteiger partial charge in [0.15, 0.2) is 0 Å². The van der Waals surface area contributed by atoms with Gasteiger partial charge in [0.2, 0.25) is 5.91 Å². The second-order valence-corrected chi connectivity index (χ2v) is 5.35. The summed E-state index contributed by atoms with van der Waals surface area (Å²) < 4.78 is 0. The third-order valence-electron chi connectivity index (χ3n) is 1.97. The Hall–Kier alpha value is -0.570. The highest BCUT2D eigenvalue weighted by Gasteiger charge is 2.17. The first-order chi connectivity index (χ1) is 6.22. The molecule has 0 aromatic rings. The van der Waals surface area contributed by atoms with Crippen molar-refractivity contribution in [1.82, 2.24) is 5.32 Å². The van der Waals surface area contributed by atoms with E-state index < -0.39 is 6.10 Å². The average Bonchev–Trinajstić information content (AvgIpc) is 1.96. The first kappa shape index (κ1) is 13.4. The average molecular weight is 201 g/mol. The van der Waals surface area contributed by atoms with Gasteiger partial charge >= 0.3 is 0 Å². The van der Waals surface area contributed by atoms with Gasteiger partial charge in [0.1, 0.15) is 0 Å². The Bertz CT molecular complexity index is 182. The van der Waals surface area contributed by atoms with Crippen LogP contribution in [0.2, 0.25) is 0 Å². The van der Waals surface area contributed by atoms with Crippen molar-refractivity contribution in [1.29, 1.82) is 0 Å². The van der Waals surface area contributed by atoms with E-state index >= 15 is 0 Å². The fraction of sp³-hybridized carbons (Fsp3) is 0.909. The molecule has 0 fully saturated rings. The molecule has 0 aromatic heterocycles. The minimum atomic E-state index is -0.445. The minimum Gasteiger partial charge on any atom is -0.391 e. The molecular weight excluding hydrogens is 178 g/mol. The van der Waals surface area contributed by atoms with Gasteiger partial charge in [-0.3, -0.25) is 4.79 Å². The molecule has 2 N–H and O–H groups in total. The molecule has 1 atom stereocenters. The minimum absolute atomic E-state index is 0.00681. The second kappa shape index (κ2) is 5.35. The molecule has 0 aromatic carbocycles. The highest BCUT2D eigenvalue weighted by molar-refractivity contribution is 5.76. The fourth-order valence-electron chi connectivity index (χ4n) is 0.998. The van der Waals surface area contributed by atoms with E-state index in [2.05, 4.69) is 5.32 Å². The van der Waals surface area contributed by atoms with Crippen LogP contribution in [0.15, 0.2) is 0 Å². The second-order valence-electron chi connectivity index (χ2n) is 5.35. The summed E-state index contributed by atoms with van der Waals surface area (Å²) in [6.07, 6.45) is 0.0524. The van der Waals surface area contributed by atoms with E-state index in [1.165, 1.54) is 0 Å². The number of aliphatic hydroxyl groups is 1. The maximum absolute atomic E-state index is 11.4. The molecule has 0 saturated heterocycles. The zero-order chi connectivity index (χ0) is 11.4. The summed E-state index contributed by atoms with van der Waals surface area (Å²) >= 11 is 0. The summed E-state index contributed by atoms with van der Waals surface area (Å²) in [7, 11) is 0. The number of hydrogen-bond acceptors (Lipinski definition) is 2. The van der Waals surface area contributed by atoms with Crippen LogP contribution in [0.25, 0.3) is 0 Å². The van der Waals surface area contributed by atoms with E-state index in [0.29, 0.717) is 13.0 Å². The lowest BCUT2D eigenvalue weighted by Crippen LogP contribution is -2.36. The molecule has 0 bridgehead atoms. The largest absolute Gasteiger partial charge is 0.391 e. The summed E-state index contributed by atoms with van der Waals surface area (Å²) in [6.45, 7) is 10.3. The number of hydrogen-bond donors (Lipinski definition) is 2. The topological polar surface area (TPSA) is 49.3 Å². The van der Waals surface area contributed by atoms with Crippen LogP contribution in [-0.4, -0.2) is 23.7 Å². The van der Waals surface area contributed by atoms with E-state index in [1.807, 2.05) is 34.6 Å². The van der Waals surface area contributed by atoms with Gasteiger partial charge in [0, 0.05) is 13.0 Å². The molecule has 0 radical (unpaired) electrons. The van der Waals surface area contributed by atoms with Crippen molar-refractivity contribution in [2.45, 2.75) is 47.1 Å². The van der Waals surface area contributed by atoms with Crippen molar-refractivity contribution in [2.24, 2.45) is 11.3 Å². The normalized spacial score (nSPS) is 14.2. The van der Waals surface area contributed by atoms with Crippen molar-refractivity contribution < 1.29 is 9.90 Å². The number of carbonyl (C=O) groups is 1. The molecule has 0 heterocycles. The predicted molar refractivity (Wildman–Crippen MR) is 57.9 cm³/mol. The first-order valence-electron chi connectivity index (χ1n) is 5.17. The molecular formula is C11H23NO2. The SMILES string of the molecule is CC(C)C(O)CNC(=O)CC(C)(C)C. The van der Waals surface area contributed by atoms with Gasteiger partial charge in [-0.1, -0.05) is 34.6 Å². The van der Waals surface area contributed by atoms with Gasteiger partial charge in [0.05, 0.1) is 6.10 Å². The maximum atomic E-state index is 11.4. The standard InChI is InChI=1S/C11H23NO2/c1-8(2)9(13)7-12-10(14)6-11(3,4)5/h8-9,13H,6-7H2,1-5H3,(H,12,14). The summed E-state index contributed by atoms with van der Waals surface area (Å²) in [4.78, 5) is 11.4. The Morgan fingerprint density at radius 3 is 2.21 bits per heavy atom. The Morgan fingerprint density at radius 1 is 1.36 bits per heavy atom. The Balaban J connectivity index is 3.75. The van der Waals surface area contributed by atoms with Gasteiger partial charge < -0.3 is 10.4 Å². The number of aliphatic hydroxyl groups excluding tert-OH is 1. The maximum Gasteiger partial charge on any atom is 0.220 e. The Labute approximate surface area is 86.9 Å². The first-order valence-corrected chi connectivity index (χ1v) is 5.17. The Morgan fingerprint density at radius 2 is 1.86 bits per heavy atom. The van der Waals surface area contributed by atoms with Gasteiger partial charge in [-0.25, -0.2) is 0 Å². The van der Waals surface area contributed by atoms with E-state index in [1.54, 1.807) is 0 Å². The van der Waals surface area contributed by atoms with E-state index in [9.17, 15) is 9.90 Å². The van der Waals surface area contributed by atoms with Gasteiger partial charge in [0.25, 0.3) is 0 Å². The highest BCUT2D eigenvalue weighted by Crippen LogP contribution is 2.17. The molecule has 0 saturated carbocycles. The van der Waals surface area contributed by atoms with E-state index in [4.69, 9.17) is 0 Å². The summed E-state index contributed by atoms with van der Waals surface area (Å²) in [5, 5.41) is 12.2. The third-order valence-corrected chi connectivity index (χ3v) is 1.97. The number of amides is 1. The number of rotatable bonds is 4. The van der Waals surface area contributed by atoms with Gasteiger partial charge in [-0.05, 0) is 11.3 Å². The van der Waals surface area contributed by atoms with Crippen molar-refractivity contribution in [3.05, 3.63) is 0 Å². The molecule has 0 aliphatic heterocycles. The van der Waals surface area contributed by atoms with Crippen LogP contribution in [0.5, 0.6) is 0 Å². The third kappa shape index (κ3) is 6.89. The molecule has 0 rings (SSSR count). The van der Waals surface area contributed by atoms with Crippen LogP contribution < -0.4 is 5.32 Å². The molecule has 14 heavy (non-hydrogen) atoms. The molecule has 0 spiro atoms. The van der Waals surface area contributed by atoms with E-state index in [0.717, 1.165) is 0 Å². The fourth-order valence-corrected chi connectivity index (χ4v) is 0.998. The lowest BCUT2D eigenvalue weighted by molar-refractivity contribution is -0.123. The number of carbonyl (C=O) groups excluding carboxylic acids is 1. The molecule has 1 unspecified atom stereocenters. The monoisotopic (exact) mass is 201 g/mol. The van der Waals surface area contributed by atoms with Crippen molar-refractivity contribution in [2.75, 3.05) is 6.54 Å². The zero-order valence-electron chi connectivity index (χ0n) is 9.92. The van der Waals surface area contributed by atoms with Crippen LogP contribution in [0, 0.1) is 11.3 Å². The van der Waals surface area contributed by atoms with E-state index in [-0.39, 0.29) is 17.2 Å². The van der Waals surface area contributed by atoms with Crippen LogP contribution >= 0.6 is 0 Å². The van der Waals surface area contributed by atoms with Crippen LogP contribution in [0.3, 0.4) is 0 Å². The molecule has 1 amide bonds. The Kier molecular flexibility index (Phi) is 5.13. The smallest absolute Gasteiger partial charge is 0.220 e. The molecule has 3 heteroatoms. The lowest BCUT2D eigenvalue weighted by Gasteiger charge is -2.19. The van der Waals surface area contributed by atoms with Crippen molar-refractivity contribution >= 4 is 5.91 Å². The number of nitrogens with one attached hydrogen (secondary N) is 1. The zero-order valence-corrected chi connectivity index (χ0v) is 9.92. The molecule has 0 aliphatic carbocycles. The van der Waals surface area contributed by atoms with Crippen LogP contribution in [-0.2, 0) is 4.79 Å². The van der Waals surface area contributed by atoms with Crippen molar-refractivity contribution in [3.63, 3.8) is 0 Å². The lowest BCUT2D eigenvalue weighted by atomic mass is 9.92. The summed E-state index contributed by atoms with van der Waals surface area (Å²) in [6, 6.07) is 0. The van der Waals surface area contributed by atoms with Gasteiger partial charge in [-0.2, -0.15) is 0 Å². The predicted octanol–water partition coefficient (Wildman–Crippen LogP) is 1.56. The van der Waals surface area contributed by atoms with Crippen LogP contribution in [0.4, 0.5) is 0 Å². The summed E-state index contributed by atoms with van der Waals surface area (Å²) in [5.74, 6) is 0.196. The molecule has 0 aliphatic rings. The summed E-state index contributed by atoms with van der Waals surface area (Å²) in [5.41, 5.74) is 0.00681. The van der Waals surface area contributed by atoms with Crippen LogP contribution in [0.1, 0.15) is 41.0 Å². The van der Waals surface area contributed by atoms with Gasteiger partial charge in [-0.15, -0.1) is 0 Å². The molecule has 3 nitrogen and oxygen atoms in total. The highest BCUT2D eigenvalue weighted by atomic mass is 16.3. The quantitative estimate of drug-likeness (QED) is 0.725. The molecule has 84 valence electrons.